The van der Waals surface area contributed by atoms with Gasteiger partial charge >= 0.3 is 0 Å². The lowest BCUT2D eigenvalue weighted by atomic mass is 10.2. The van der Waals surface area contributed by atoms with Crippen LogP contribution in [0.15, 0.2) is 23.1 Å². The smallest absolute Gasteiger partial charge is 0.243 e. The predicted octanol–water partition coefficient (Wildman–Crippen LogP) is 1.80. The van der Waals surface area contributed by atoms with Crippen molar-refractivity contribution in [3.05, 3.63) is 23.8 Å². The third-order valence-electron chi connectivity index (χ3n) is 3.39. The number of ether oxygens (including phenoxy) is 2. The molecule has 20 heavy (non-hydrogen) atoms. The van der Waals surface area contributed by atoms with Crippen LogP contribution in [0.25, 0.3) is 0 Å². The second kappa shape index (κ2) is 5.71. The second-order valence-corrected chi connectivity index (χ2v) is 7.15. The number of morpholine rings is 1. The van der Waals surface area contributed by atoms with Crippen LogP contribution >= 0.6 is 0 Å². The highest BCUT2D eigenvalue weighted by molar-refractivity contribution is 7.89. The fourth-order valence-electron chi connectivity index (χ4n) is 2.49. The first-order valence-corrected chi connectivity index (χ1v) is 8.09. The van der Waals surface area contributed by atoms with Crippen LogP contribution < -0.4 is 4.74 Å². The molecule has 0 aliphatic carbocycles. The van der Waals surface area contributed by atoms with E-state index in [9.17, 15) is 8.42 Å². The average molecular weight is 299 g/mol. The Balaban J connectivity index is 2.32. The molecular formula is C14H21NO4S. The van der Waals surface area contributed by atoms with Gasteiger partial charge in [-0.1, -0.05) is 0 Å². The normalized spacial score (nSPS) is 24.6. The van der Waals surface area contributed by atoms with Gasteiger partial charge in [0.2, 0.25) is 10.0 Å². The van der Waals surface area contributed by atoms with Crippen molar-refractivity contribution in [3.63, 3.8) is 0 Å². The maximum atomic E-state index is 12.7. The number of aryl methyl sites for hydroxylation is 1. The van der Waals surface area contributed by atoms with E-state index >= 15 is 0 Å². The van der Waals surface area contributed by atoms with Gasteiger partial charge in [-0.15, -0.1) is 0 Å². The molecule has 0 radical (unpaired) electrons. The topological polar surface area (TPSA) is 55.8 Å². The van der Waals surface area contributed by atoms with Crippen LogP contribution in [0.4, 0.5) is 0 Å². The summed E-state index contributed by atoms with van der Waals surface area (Å²) in [6.07, 6.45) is -0.180. The molecule has 2 rings (SSSR count). The first-order chi connectivity index (χ1) is 9.34. The molecule has 112 valence electrons. The summed E-state index contributed by atoms with van der Waals surface area (Å²) in [6, 6.07) is 4.93. The zero-order chi connectivity index (χ0) is 14.9. The van der Waals surface area contributed by atoms with E-state index in [4.69, 9.17) is 9.47 Å². The Labute approximate surface area is 120 Å². The Morgan fingerprint density at radius 2 is 1.85 bits per heavy atom. The van der Waals surface area contributed by atoms with E-state index in [2.05, 4.69) is 0 Å². The fourth-order valence-corrected chi connectivity index (χ4v) is 4.16. The van der Waals surface area contributed by atoms with Crippen LogP contribution in [-0.2, 0) is 14.8 Å². The van der Waals surface area contributed by atoms with Gasteiger partial charge in [0.15, 0.2) is 0 Å². The quantitative estimate of drug-likeness (QED) is 0.854. The highest BCUT2D eigenvalue weighted by atomic mass is 32.2. The van der Waals surface area contributed by atoms with Crippen molar-refractivity contribution in [1.29, 1.82) is 0 Å². The second-order valence-electron chi connectivity index (χ2n) is 5.21. The molecule has 1 saturated heterocycles. The standard InChI is InChI=1S/C14H21NO4S/c1-10-7-13(5-6-14(10)18-4)20(16,17)15-8-11(2)19-12(3)9-15/h5-7,11-12H,8-9H2,1-4H3. The van der Waals surface area contributed by atoms with Crippen LogP contribution in [0.2, 0.25) is 0 Å². The molecule has 0 amide bonds. The maximum Gasteiger partial charge on any atom is 0.243 e. The lowest BCUT2D eigenvalue weighted by Gasteiger charge is -2.34. The van der Waals surface area contributed by atoms with E-state index in [-0.39, 0.29) is 12.2 Å². The summed E-state index contributed by atoms with van der Waals surface area (Å²) >= 11 is 0. The molecule has 1 aromatic carbocycles. The minimum atomic E-state index is -3.48. The molecule has 1 heterocycles. The van der Waals surface area contributed by atoms with Gasteiger partial charge in [-0.25, -0.2) is 8.42 Å². The molecule has 0 saturated carbocycles. The monoisotopic (exact) mass is 299 g/mol. The van der Waals surface area contributed by atoms with Crippen molar-refractivity contribution < 1.29 is 17.9 Å². The molecule has 2 unspecified atom stereocenters. The Kier molecular flexibility index (Phi) is 4.36. The van der Waals surface area contributed by atoms with Gasteiger partial charge in [0.05, 0.1) is 24.2 Å². The van der Waals surface area contributed by atoms with E-state index in [0.717, 1.165) is 5.56 Å². The molecule has 6 heteroatoms. The molecular weight excluding hydrogens is 278 g/mol. The maximum absolute atomic E-state index is 12.7. The first kappa shape index (κ1) is 15.3. The van der Waals surface area contributed by atoms with Crippen LogP contribution in [-0.4, -0.2) is 45.1 Å². The summed E-state index contributed by atoms with van der Waals surface area (Å²) in [7, 11) is -1.91. The number of nitrogens with zero attached hydrogens (tertiary/aromatic N) is 1. The van der Waals surface area contributed by atoms with E-state index in [1.54, 1.807) is 25.3 Å². The first-order valence-electron chi connectivity index (χ1n) is 6.65. The van der Waals surface area contributed by atoms with Crippen molar-refractivity contribution in [2.45, 2.75) is 37.9 Å². The van der Waals surface area contributed by atoms with Crippen molar-refractivity contribution in [2.75, 3.05) is 20.2 Å². The number of hydrogen-bond acceptors (Lipinski definition) is 4. The Bertz CT molecular complexity index is 575. The minimum Gasteiger partial charge on any atom is -0.496 e. The van der Waals surface area contributed by atoms with E-state index in [0.29, 0.717) is 23.7 Å². The summed E-state index contributed by atoms with van der Waals surface area (Å²) in [6.45, 7) is 6.38. The Hall–Kier alpha value is -1.11. The Morgan fingerprint density at radius 1 is 1.25 bits per heavy atom. The number of methoxy groups -OCH3 is 1. The number of rotatable bonds is 3. The average Bonchev–Trinajstić information content (AvgIpc) is 2.37. The SMILES string of the molecule is COc1ccc(S(=O)(=O)N2CC(C)OC(C)C2)cc1C. The zero-order valence-electron chi connectivity index (χ0n) is 12.3. The van der Waals surface area contributed by atoms with Crippen LogP contribution in [0.3, 0.4) is 0 Å². The van der Waals surface area contributed by atoms with Gasteiger partial charge in [-0.2, -0.15) is 4.31 Å². The van der Waals surface area contributed by atoms with Gasteiger partial charge in [-0.05, 0) is 44.5 Å². The van der Waals surface area contributed by atoms with Crippen molar-refractivity contribution in [2.24, 2.45) is 0 Å². The number of sulfonamides is 1. The Morgan fingerprint density at radius 3 is 2.35 bits per heavy atom. The molecule has 5 nitrogen and oxygen atoms in total. The molecule has 1 fully saturated rings. The third-order valence-corrected chi connectivity index (χ3v) is 5.22. The summed E-state index contributed by atoms with van der Waals surface area (Å²) in [4.78, 5) is 0.303. The molecule has 0 aromatic heterocycles. The van der Waals surface area contributed by atoms with Crippen molar-refractivity contribution in [1.82, 2.24) is 4.31 Å². The van der Waals surface area contributed by atoms with Gasteiger partial charge < -0.3 is 9.47 Å². The minimum absolute atomic E-state index is 0.0899. The summed E-state index contributed by atoms with van der Waals surface area (Å²) in [5, 5.41) is 0. The summed E-state index contributed by atoms with van der Waals surface area (Å²) in [5.41, 5.74) is 0.808. The van der Waals surface area contributed by atoms with E-state index in [1.807, 2.05) is 20.8 Å². The molecule has 1 aliphatic rings. The fraction of sp³-hybridized carbons (Fsp3) is 0.571. The van der Waals surface area contributed by atoms with Crippen LogP contribution in [0.1, 0.15) is 19.4 Å². The lowest BCUT2D eigenvalue weighted by Crippen LogP contribution is -2.48. The van der Waals surface area contributed by atoms with Gasteiger partial charge in [0.1, 0.15) is 5.75 Å². The van der Waals surface area contributed by atoms with Crippen LogP contribution in [0.5, 0.6) is 5.75 Å². The highest BCUT2D eigenvalue weighted by Gasteiger charge is 2.32. The van der Waals surface area contributed by atoms with E-state index < -0.39 is 10.0 Å². The molecule has 0 bridgehead atoms. The predicted molar refractivity (Wildman–Crippen MR) is 76.5 cm³/mol. The lowest BCUT2D eigenvalue weighted by molar-refractivity contribution is -0.0440. The van der Waals surface area contributed by atoms with Crippen LogP contribution in [0, 0.1) is 6.92 Å². The molecule has 0 N–H and O–H groups in total. The largest absolute Gasteiger partial charge is 0.496 e. The summed E-state index contributed by atoms with van der Waals surface area (Å²) < 4.78 is 37.6. The molecule has 1 aliphatic heterocycles. The number of benzene rings is 1. The van der Waals surface area contributed by atoms with Gasteiger partial charge in [0, 0.05) is 13.1 Å². The van der Waals surface area contributed by atoms with Crippen molar-refractivity contribution in [3.8, 4) is 5.75 Å². The van der Waals surface area contributed by atoms with Crippen molar-refractivity contribution >= 4 is 10.0 Å². The van der Waals surface area contributed by atoms with Gasteiger partial charge in [0.25, 0.3) is 0 Å². The molecule has 0 spiro atoms. The zero-order valence-corrected chi connectivity index (χ0v) is 13.1. The number of hydrogen-bond donors (Lipinski definition) is 0. The summed E-state index contributed by atoms with van der Waals surface area (Å²) in [5.74, 6) is 0.688. The third kappa shape index (κ3) is 2.97. The molecule has 2 atom stereocenters. The van der Waals surface area contributed by atoms with Gasteiger partial charge in [-0.3, -0.25) is 0 Å². The molecule has 1 aromatic rings. The highest BCUT2D eigenvalue weighted by Crippen LogP contribution is 2.25. The van der Waals surface area contributed by atoms with E-state index in [1.165, 1.54) is 4.31 Å².